The van der Waals surface area contributed by atoms with Crippen molar-refractivity contribution in [1.29, 1.82) is 0 Å². The average molecular weight is 376 g/mol. The summed E-state index contributed by atoms with van der Waals surface area (Å²) in [4.78, 5) is 11.1. The van der Waals surface area contributed by atoms with Crippen LogP contribution in [0.1, 0.15) is 41.6 Å². The number of rotatable bonds is 9. The summed E-state index contributed by atoms with van der Waals surface area (Å²) in [5.41, 5.74) is 2.70. The first-order chi connectivity index (χ1) is 13.6. The van der Waals surface area contributed by atoms with Crippen molar-refractivity contribution in [2.45, 2.75) is 31.5 Å². The van der Waals surface area contributed by atoms with Gasteiger partial charge in [-0.05, 0) is 35.2 Å². The minimum atomic E-state index is -0.868. The summed E-state index contributed by atoms with van der Waals surface area (Å²) in [6, 6.07) is 26.8. The van der Waals surface area contributed by atoms with Gasteiger partial charge in [0.05, 0.1) is 6.10 Å². The molecule has 2 atom stereocenters. The Bertz CT molecular complexity index is 877. The standard InChI is InChI=1S/C24H24O4/c25-23(26)15-14-22(19-10-5-2-6-11-19)24(27)20-12-7-13-21(16-20)28-17-18-8-3-1-4-9-18/h1-13,16,22,24,27H,14-15,17H2,(H,25,26)/t22-,24+/m1/s1. The minimum Gasteiger partial charge on any atom is -0.489 e. The van der Waals surface area contributed by atoms with Crippen molar-refractivity contribution in [3.63, 3.8) is 0 Å². The molecule has 28 heavy (non-hydrogen) atoms. The number of benzene rings is 3. The van der Waals surface area contributed by atoms with E-state index in [1.165, 1.54) is 0 Å². The van der Waals surface area contributed by atoms with Gasteiger partial charge in [-0.2, -0.15) is 0 Å². The third-order valence-electron chi connectivity index (χ3n) is 4.73. The fraction of sp³-hybridized carbons (Fsp3) is 0.208. The van der Waals surface area contributed by atoms with Gasteiger partial charge in [0.1, 0.15) is 12.4 Å². The molecular weight excluding hydrogens is 352 g/mol. The molecule has 0 radical (unpaired) electrons. The maximum absolute atomic E-state index is 11.1. The number of hydrogen-bond acceptors (Lipinski definition) is 3. The molecule has 0 saturated heterocycles. The summed E-state index contributed by atoms with van der Waals surface area (Å²) in [7, 11) is 0. The normalized spacial score (nSPS) is 12.9. The molecule has 0 amide bonds. The molecule has 3 aromatic carbocycles. The molecule has 0 aromatic heterocycles. The average Bonchev–Trinajstić information content (AvgIpc) is 2.74. The largest absolute Gasteiger partial charge is 0.489 e. The lowest BCUT2D eigenvalue weighted by Crippen LogP contribution is -2.13. The molecule has 0 unspecified atom stereocenters. The zero-order valence-corrected chi connectivity index (χ0v) is 15.6. The van der Waals surface area contributed by atoms with E-state index < -0.39 is 12.1 Å². The van der Waals surface area contributed by atoms with Crippen molar-refractivity contribution in [2.24, 2.45) is 0 Å². The predicted molar refractivity (Wildman–Crippen MR) is 108 cm³/mol. The molecule has 0 aliphatic carbocycles. The first-order valence-corrected chi connectivity index (χ1v) is 9.35. The van der Waals surface area contributed by atoms with Crippen molar-refractivity contribution in [2.75, 3.05) is 0 Å². The molecule has 3 aromatic rings. The highest BCUT2D eigenvalue weighted by atomic mass is 16.5. The lowest BCUT2D eigenvalue weighted by molar-refractivity contribution is -0.137. The van der Waals surface area contributed by atoms with E-state index >= 15 is 0 Å². The van der Waals surface area contributed by atoms with Crippen LogP contribution in [0.4, 0.5) is 0 Å². The monoisotopic (exact) mass is 376 g/mol. The number of carboxylic acid groups (broad SMARTS) is 1. The Labute approximate surface area is 165 Å². The van der Waals surface area contributed by atoms with Crippen LogP contribution in [0.15, 0.2) is 84.9 Å². The molecule has 2 N–H and O–H groups in total. The van der Waals surface area contributed by atoms with Gasteiger partial charge in [-0.15, -0.1) is 0 Å². The highest BCUT2D eigenvalue weighted by Gasteiger charge is 2.24. The van der Waals surface area contributed by atoms with E-state index in [0.717, 1.165) is 11.1 Å². The Balaban J connectivity index is 1.76. The predicted octanol–water partition coefficient (Wildman–Crippen LogP) is 4.95. The molecule has 0 aliphatic heterocycles. The Morgan fingerprint density at radius 2 is 1.50 bits per heavy atom. The lowest BCUT2D eigenvalue weighted by atomic mass is 9.85. The molecule has 144 valence electrons. The zero-order valence-electron chi connectivity index (χ0n) is 15.6. The SMILES string of the molecule is O=C(O)CC[C@H](c1ccccc1)[C@@H](O)c1cccc(OCc2ccccc2)c1. The second-order valence-corrected chi connectivity index (χ2v) is 6.74. The maximum atomic E-state index is 11.1. The van der Waals surface area contributed by atoms with E-state index in [2.05, 4.69) is 0 Å². The summed E-state index contributed by atoms with van der Waals surface area (Å²) in [5, 5.41) is 20.1. The Hall–Kier alpha value is -3.11. The molecule has 3 rings (SSSR count). The van der Waals surface area contributed by atoms with E-state index in [1.807, 2.05) is 84.9 Å². The number of aliphatic hydroxyl groups is 1. The summed E-state index contributed by atoms with van der Waals surface area (Å²) >= 11 is 0. The van der Waals surface area contributed by atoms with Gasteiger partial charge in [0.15, 0.2) is 0 Å². The quantitative estimate of drug-likeness (QED) is 0.555. The third-order valence-corrected chi connectivity index (χ3v) is 4.73. The molecule has 0 saturated carbocycles. The van der Waals surface area contributed by atoms with Crippen LogP contribution in [-0.2, 0) is 11.4 Å². The summed E-state index contributed by atoms with van der Waals surface area (Å²) in [6.45, 7) is 0.446. The number of carboxylic acids is 1. The molecule has 0 fully saturated rings. The molecule has 0 bridgehead atoms. The van der Waals surface area contributed by atoms with Crippen LogP contribution in [-0.4, -0.2) is 16.2 Å². The van der Waals surface area contributed by atoms with Crippen molar-refractivity contribution >= 4 is 5.97 Å². The fourth-order valence-electron chi connectivity index (χ4n) is 3.25. The third kappa shape index (κ3) is 5.44. The van der Waals surface area contributed by atoms with E-state index in [-0.39, 0.29) is 12.3 Å². The second-order valence-electron chi connectivity index (χ2n) is 6.74. The number of aliphatic carboxylic acids is 1. The van der Waals surface area contributed by atoms with Crippen LogP contribution in [0.25, 0.3) is 0 Å². The van der Waals surface area contributed by atoms with E-state index in [4.69, 9.17) is 9.84 Å². The van der Waals surface area contributed by atoms with Gasteiger partial charge in [0.2, 0.25) is 0 Å². The number of aliphatic hydroxyl groups excluding tert-OH is 1. The van der Waals surface area contributed by atoms with Gasteiger partial charge in [-0.3, -0.25) is 4.79 Å². The van der Waals surface area contributed by atoms with Crippen molar-refractivity contribution in [3.8, 4) is 5.75 Å². The first-order valence-electron chi connectivity index (χ1n) is 9.35. The van der Waals surface area contributed by atoms with Crippen LogP contribution in [0.2, 0.25) is 0 Å². The van der Waals surface area contributed by atoms with Gasteiger partial charge < -0.3 is 14.9 Å². The van der Waals surface area contributed by atoms with Crippen LogP contribution >= 0.6 is 0 Å². The molecule has 4 nitrogen and oxygen atoms in total. The van der Waals surface area contributed by atoms with Gasteiger partial charge in [-0.25, -0.2) is 0 Å². The second kappa shape index (κ2) is 9.72. The Morgan fingerprint density at radius 3 is 2.18 bits per heavy atom. The molecule has 0 spiro atoms. The van der Waals surface area contributed by atoms with Gasteiger partial charge in [-0.1, -0.05) is 72.8 Å². The summed E-state index contributed by atoms with van der Waals surface area (Å²) in [5.74, 6) is -0.500. The van der Waals surface area contributed by atoms with E-state index in [9.17, 15) is 9.90 Å². The maximum Gasteiger partial charge on any atom is 0.303 e. The van der Waals surface area contributed by atoms with Crippen LogP contribution in [0.5, 0.6) is 5.75 Å². The first kappa shape index (κ1) is 19.6. The lowest BCUT2D eigenvalue weighted by Gasteiger charge is -2.24. The molecule has 4 heteroatoms. The van der Waals surface area contributed by atoms with Crippen molar-refractivity contribution in [3.05, 3.63) is 102 Å². The number of carbonyl (C=O) groups is 1. The van der Waals surface area contributed by atoms with Gasteiger partial charge in [0, 0.05) is 12.3 Å². The highest BCUT2D eigenvalue weighted by molar-refractivity contribution is 5.66. The van der Waals surface area contributed by atoms with E-state index in [0.29, 0.717) is 24.3 Å². The van der Waals surface area contributed by atoms with Gasteiger partial charge >= 0.3 is 5.97 Å². The fourth-order valence-corrected chi connectivity index (χ4v) is 3.25. The van der Waals surface area contributed by atoms with Crippen LogP contribution in [0, 0.1) is 0 Å². The number of ether oxygens (including phenoxy) is 1. The summed E-state index contributed by atoms with van der Waals surface area (Å²) < 4.78 is 5.86. The van der Waals surface area contributed by atoms with Crippen LogP contribution in [0.3, 0.4) is 0 Å². The number of hydrogen-bond donors (Lipinski definition) is 2. The zero-order chi connectivity index (χ0) is 19.8. The smallest absolute Gasteiger partial charge is 0.303 e. The summed E-state index contributed by atoms with van der Waals surface area (Å²) in [6.07, 6.45) is -0.460. The Kier molecular flexibility index (Phi) is 6.82. The topological polar surface area (TPSA) is 66.8 Å². The van der Waals surface area contributed by atoms with Gasteiger partial charge in [0.25, 0.3) is 0 Å². The molecular formula is C24H24O4. The highest BCUT2D eigenvalue weighted by Crippen LogP contribution is 2.35. The minimum absolute atomic E-state index is 0.000812. The van der Waals surface area contributed by atoms with E-state index in [1.54, 1.807) is 0 Å². The molecule has 0 heterocycles. The van der Waals surface area contributed by atoms with Crippen molar-refractivity contribution < 1.29 is 19.7 Å². The van der Waals surface area contributed by atoms with Crippen LogP contribution < -0.4 is 4.74 Å². The Morgan fingerprint density at radius 1 is 0.857 bits per heavy atom. The molecule has 0 aliphatic rings. The van der Waals surface area contributed by atoms with Crippen molar-refractivity contribution in [1.82, 2.24) is 0 Å².